The summed E-state index contributed by atoms with van der Waals surface area (Å²) in [6, 6.07) is 5.02. The summed E-state index contributed by atoms with van der Waals surface area (Å²) in [7, 11) is 3.22. The second kappa shape index (κ2) is 4.35. The summed E-state index contributed by atoms with van der Waals surface area (Å²) in [6.45, 7) is 0. The van der Waals surface area contributed by atoms with Crippen LogP contribution in [-0.4, -0.2) is 25.5 Å². The molecule has 4 heteroatoms. The number of methoxy groups -OCH3 is 1. The molecular formula is C9H12N2O2. The predicted octanol–water partition coefficient (Wildman–Crippen LogP) is 0.954. The molecule has 0 amide bonds. The molecule has 0 aromatic heterocycles. The van der Waals surface area contributed by atoms with Crippen LogP contribution < -0.4 is 10.2 Å². The van der Waals surface area contributed by atoms with E-state index in [1.54, 1.807) is 31.5 Å². The number of hydrogen-bond acceptors (Lipinski definition) is 4. The average Bonchev–Trinajstić information content (AvgIpc) is 2.16. The third-order valence-electron chi connectivity index (χ3n) is 1.55. The Labute approximate surface area is 76.8 Å². The lowest BCUT2D eigenvalue weighted by atomic mass is 10.2. The fourth-order valence-corrected chi connectivity index (χ4v) is 0.914. The van der Waals surface area contributed by atoms with E-state index in [1.165, 1.54) is 7.11 Å². The lowest BCUT2D eigenvalue weighted by Crippen LogP contribution is -1.95. The van der Waals surface area contributed by atoms with Crippen LogP contribution in [0.4, 0.5) is 0 Å². The lowest BCUT2D eigenvalue weighted by molar-refractivity contribution is 0.373. The van der Waals surface area contributed by atoms with E-state index in [9.17, 15) is 5.11 Å². The van der Waals surface area contributed by atoms with Gasteiger partial charge in [-0.15, -0.1) is 0 Å². The fourth-order valence-electron chi connectivity index (χ4n) is 0.914. The molecule has 4 nitrogen and oxygen atoms in total. The van der Waals surface area contributed by atoms with Crippen LogP contribution in [0.3, 0.4) is 0 Å². The number of ether oxygens (including phenoxy) is 1. The first-order valence-corrected chi connectivity index (χ1v) is 3.84. The first kappa shape index (κ1) is 9.38. The third-order valence-corrected chi connectivity index (χ3v) is 1.55. The molecule has 0 aliphatic heterocycles. The van der Waals surface area contributed by atoms with E-state index < -0.39 is 0 Å². The SMILES string of the molecule is CN/N=C/c1ccc(O)c(OC)c1. The van der Waals surface area contributed by atoms with Gasteiger partial charge in [-0.2, -0.15) is 5.10 Å². The van der Waals surface area contributed by atoms with Gasteiger partial charge in [-0.3, -0.25) is 0 Å². The van der Waals surface area contributed by atoms with Crippen molar-refractivity contribution in [2.75, 3.05) is 14.2 Å². The van der Waals surface area contributed by atoms with Gasteiger partial charge in [0, 0.05) is 7.05 Å². The monoisotopic (exact) mass is 180 g/mol. The number of phenols is 1. The highest BCUT2D eigenvalue weighted by Gasteiger charge is 2.00. The summed E-state index contributed by atoms with van der Waals surface area (Å²) in [5.41, 5.74) is 3.50. The molecule has 1 aromatic carbocycles. The third kappa shape index (κ3) is 2.37. The molecule has 0 fully saturated rings. The first-order chi connectivity index (χ1) is 6.27. The average molecular weight is 180 g/mol. The molecule has 0 atom stereocenters. The predicted molar refractivity (Wildman–Crippen MR) is 51.3 cm³/mol. The van der Waals surface area contributed by atoms with Gasteiger partial charge in [-0.25, -0.2) is 0 Å². The Bertz CT molecular complexity index is 310. The molecule has 0 spiro atoms. The van der Waals surface area contributed by atoms with Crippen molar-refractivity contribution in [3.05, 3.63) is 23.8 Å². The van der Waals surface area contributed by atoms with Gasteiger partial charge < -0.3 is 15.3 Å². The Morgan fingerprint density at radius 3 is 2.92 bits per heavy atom. The van der Waals surface area contributed by atoms with E-state index in [4.69, 9.17) is 4.74 Å². The normalized spacial score (nSPS) is 10.3. The van der Waals surface area contributed by atoms with Crippen LogP contribution >= 0.6 is 0 Å². The van der Waals surface area contributed by atoms with Crippen molar-refractivity contribution in [1.29, 1.82) is 0 Å². The number of hydrogen-bond donors (Lipinski definition) is 2. The van der Waals surface area contributed by atoms with Gasteiger partial charge >= 0.3 is 0 Å². The van der Waals surface area contributed by atoms with E-state index in [1.807, 2.05) is 0 Å². The highest BCUT2D eigenvalue weighted by Crippen LogP contribution is 2.25. The van der Waals surface area contributed by atoms with Crippen molar-refractivity contribution < 1.29 is 9.84 Å². The highest BCUT2D eigenvalue weighted by atomic mass is 16.5. The smallest absolute Gasteiger partial charge is 0.161 e. The van der Waals surface area contributed by atoms with E-state index >= 15 is 0 Å². The topological polar surface area (TPSA) is 53.9 Å². The number of hydrazone groups is 1. The quantitative estimate of drug-likeness (QED) is 0.538. The van der Waals surface area contributed by atoms with Crippen LogP contribution in [0.5, 0.6) is 11.5 Å². The van der Waals surface area contributed by atoms with E-state index in [0.717, 1.165) is 5.56 Å². The van der Waals surface area contributed by atoms with Gasteiger partial charge in [-0.1, -0.05) is 0 Å². The molecule has 0 bridgehead atoms. The lowest BCUT2D eigenvalue weighted by Gasteiger charge is -2.02. The van der Waals surface area contributed by atoms with Crippen LogP contribution in [0.2, 0.25) is 0 Å². The Hall–Kier alpha value is -1.71. The number of aromatic hydroxyl groups is 1. The summed E-state index contributed by atoms with van der Waals surface area (Å²) in [6.07, 6.45) is 1.64. The van der Waals surface area contributed by atoms with Gasteiger partial charge in [0.1, 0.15) is 0 Å². The summed E-state index contributed by atoms with van der Waals surface area (Å²) in [5, 5.41) is 13.1. The minimum atomic E-state index is 0.129. The van der Waals surface area contributed by atoms with Crippen LogP contribution in [0.1, 0.15) is 5.56 Å². The molecule has 0 aliphatic rings. The van der Waals surface area contributed by atoms with Gasteiger partial charge in [0.2, 0.25) is 0 Å². The van der Waals surface area contributed by atoms with Crippen molar-refractivity contribution in [1.82, 2.24) is 5.43 Å². The second-order valence-corrected chi connectivity index (χ2v) is 2.41. The zero-order valence-electron chi connectivity index (χ0n) is 7.61. The van der Waals surface area contributed by atoms with E-state index in [-0.39, 0.29) is 5.75 Å². The van der Waals surface area contributed by atoms with Gasteiger partial charge in [0.25, 0.3) is 0 Å². The number of nitrogens with zero attached hydrogens (tertiary/aromatic N) is 1. The molecule has 0 unspecified atom stereocenters. The van der Waals surface area contributed by atoms with Crippen LogP contribution in [-0.2, 0) is 0 Å². The molecule has 2 N–H and O–H groups in total. The van der Waals surface area contributed by atoms with Gasteiger partial charge in [-0.05, 0) is 23.8 Å². The zero-order chi connectivity index (χ0) is 9.68. The molecule has 0 saturated heterocycles. The second-order valence-electron chi connectivity index (χ2n) is 2.41. The zero-order valence-corrected chi connectivity index (χ0v) is 7.61. The molecule has 70 valence electrons. The minimum Gasteiger partial charge on any atom is -0.504 e. The van der Waals surface area contributed by atoms with Crippen molar-refractivity contribution in [3.8, 4) is 11.5 Å². The molecule has 0 radical (unpaired) electrons. The Morgan fingerprint density at radius 1 is 1.54 bits per heavy atom. The van der Waals surface area contributed by atoms with Gasteiger partial charge in [0.15, 0.2) is 11.5 Å². The largest absolute Gasteiger partial charge is 0.504 e. The fraction of sp³-hybridized carbons (Fsp3) is 0.222. The summed E-state index contributed by atoms with van der Waals surface area (Å²) in [4.78, 5) is 0. The summed E-state index contributed by atoms with van der Waals surface area (Å²) in [5.74, 6) is 0.573. The van der Waals surface area contributed by atoms with Crippen molar-refractivity contribution in [2.24, 2.45) is 5.10 Å². The van der Waals surface area contributed by atoms with Crippen molar-refractivity contribution in [3.63, 3.8) is 0 Å². The van der Waals surface area contributed by atoms with Gasteiger partial charge in [0.05, 0.1) is 13.3 Å². The molecule has 1 aromatic rings. The molecule has 0 heterocycles. The Kier molecular flexibility index (Phi) is 3.14. The number of phenolic OH excluding ortho intramolecular Hbond substituents is 1. The molecule has 1 rings (SSSR count). The summed E-state index contributed by atoms with van der Waals surface area (Å²) < 4.78 is 4.93. The standard InChI is InChI=1S/C9H12N2O2/c1-10-11-6-7-3-4-8(12)9(5-7)13-2/h3-6,10,12H,1-2H3/b11-6+. The van der Waals surface area contributed by atoms with Crippen LogP contribution in [0.25, 0.3) is 0 Å². The first-order valence-electron chi connectivity index (χ1n) is 3.84. The Balaban J connectivity index is 2.92. The molecule has 0 saturated carbocycles. The maximum atomic E-state index is 9.28. The summed E-state index contributed by atoms with van der Waals surface area (Å²) >= 11 is 0. The number of benzene rings is 1. The van der Waals surface area contributed by atoms with Crippen molar-refractivity contribution >= 4 is 6.21 Å². The van der Waals surface area contributed by atoms with Crippen LogP contribution in [0.15, 0.2) is 23.3 Å². The van der Waals surface area contributed by atoms with Crippen molar-refractivity contribution in [2.45, 2.75) is 0 Å². The van der Waals surface area contributed by atoms with E-state index in [0.29, 0.717) is 5.75 Å². The van der Waals surface area contributed by atoms with E-state index in [2.05, 4.69) is 10.5 Å². The number of nitrogens with one attached hydrogen (secondary N) is 1. The maximum absolute atomic E-state index is 9.28. The Morgan fingerprint density at radius 2 is 2.31 bits per heavy atom. The maximum Gasteiger partial charge on any atom is 0.161 e. The molecule has 0 aliphatic carbocycles. The highest BCUT2D eigenvalue weighted by molar-refractivity contribution is 5.80. The van der Waals surface area contributed by atoms with Crippen LogP contribution in [0, 0.1) is 0 Å². The number of rotatable bonds is 3. The molecule has 13 heavy (non-hydrogen) atoms. The molecular weight excluding hydrogens is 168 g/mol. The minimum absolute atomic E-state index is 0.129.